The van der Waals surface area contributed by atoms with E-state index in [0.29, 0.717) is 11.6 Å². The summed E-state index contributed by atoms with van der Waals surface area (Å²) in [5, 5.41) is 9.07. The fraction of sp³-hybridized carbons (Fsp3) is 0.500. The Balaban J connectivity index is 2.18. The lowest BCUT2D eigenvalue weighted by Gasteiger charge is -2.17. The number of nitrogens with zero attached hydrogens (tertiary/aromatic N) is 2. The first-order valence-corrected chi connectivity index (χ1v) is 5.53. The summed E-state index contributed by atoms with van der Waals surface area (Å²) < 4.78 is 0. The van der Waals surface area contributed by atoms with Crippen LogP contribution in [0, 0.1) is 12.8 Å². The lowest BCUT2D eigenvalue weighted by Crippen LogP contribution is -2.22. The quantitative estimate of drug-likeness (QED) is 0.773. The largest absolute Gasteiger partial charge is 0.396 e. The maximum absolute atomic E-state index is 10.8. The van der Waals surface area contributed by atoms with Gasteiger partial charge < -0.3 is 10.0 Å². The molecule has 1 aliphatic rings. The van der Waals surface area contributed by atoms with Gasteiger partial charge in [0.2, 0.25) is 0 Å². The number of aliphatic hydroxyl groups is 1. The average molecular weight is 220 g/mol. The topological polar surface area (TPSA) is 53.4 Å². The van der Waals surface area contributed by atoms with Crippen molar-refractivity contribution in [2.75, 3.05) is 24.6 Å². The third kappa shape index (κ3) is 2.07. The van der Waals surface area contributed by atoms with E-state index in [0.717, 1.165) is 37.2 Å². The molecule has 16 heavy (non-hydrogen) atoms. The molecule has 1 N–H and O–H groups in total. The van der Waals surface area contributed by atoms with Crippen molar-refractivity contribution in [2.45, 2.75) is 13.3 Å². The van der Waals surface area contributed by atoms with E-state index in [1.807, 2.05) is 19.1 Å². The fourth-order valence-corrected chi connectivity index (χ4v) is 2.02. The molecular weight excluding hydrogens is 204 g/mol. The van der Waals surface area contributed by atoms with Crippen LogP contribution < -0.4 is 4.90 Å². The Labute approximate surface area is 94.9 Å². The lowest BCUT2D eigenvalue weighted by atomic mass is 10.1. The molecule has 0 saturated carbocycles. The van der Waals surface area contributed by atoms with E-state index in [4.69, 9.17) is 5.11 Å². The highest BCUT2D eigenvalue weighted by atomic mass is 16.3. The number of rotatable bonds is 3. The zero-order valence-corrected chi connectivity index (χ0v) is 9.39. The summed E-state index contributed by atoms with van der Waals surface area (Å²) in [4.78, 5) is 17.2. The Kier molecular flexibility index (Phi) is 3.19. The third-order valence-electron chi connectivity index (χ3n) is 3.10. The Hall–Kier alpha value is -1.42. The Bertz CT molecular complexity index is 393. The molecule has 1 saturated heterocycles. The minimum absolute atomic E-state index is 0.225. The van der Waals surface area contributed by atoms with Crippen LogP contribution in [-0.2, 0) is 0 Å². The molecule has 4 nitrogen and oxygen atoms in total. The molecule has 0 radical (unpaired) electrons. The van der Waals surface area contributed by atoms with Crippen LogP contribution in [0.25, 0.3) is 0 Å². The lowest BCUT2D eigenvalue weighted by molar-refractivity contribution is 0.111. The Morgan fingerprint density at radius 2 is 2.44 bits per heavy atom. The van der Waals surface area contributed by atoms with Crippen LogP contribution in [0.5, 0.6) is 0 Å². The first kappa shape index (κ1) is 11.1. The standard InChI is InChI=1S/C12H16N2O2/c1-9-2-3-12(13-11(9)8-16)14-5-4-10(6-14)7-15/h2-3,8,10,15H,4-7H2,1H3. The van der Waals surface area contributed by atoms with E-state index in [1.165, 1.54) is 0 Å². The number of carbonyl (C=O) groups is 1. The number of pyridine rings is 1. The van der Waals surface area contributed by atoms with Crippen molar-refractivity contribution in [3.8, 4) is 0 Å². The molecule has 2 heterocycles. The molecular formula is C12H16N2O2. The minimum atomic E-state index is 0.225. The first-order valence-electron chi connectivity index (χ1n) is 5.53. The van der Waals surface area contributed by atoms with Crippen molar-refractivity contribution in [3.05, 3.63) is 23.4 Å². The van der Waals surface area contributed by atoms with Gasteiger partial charge in [-0.3, -0.25) is 4.79 Å². The van der Waals surface area contributed by atoms with Crippen LogP contribution in [0.4, 0.5) is 5.82 Å². The summed E-state index contributed by atoms with van der Waals surface area (Å²) in [6.45, 7) is 3.83. The van der Waals surface area contributed by atoms with Crippen LogP contribution in [0.15, 0.2) is 12.1 Å². The number of hydrogen-bond donors (Lipinski definition) is 1. The number of aliphatic hydroxyl groups excluding tert-OH is 1. The molecule has 0 spiro atoms. The SMILES string of the molecule is Cc1ccc(N2CCC(CO)C2)nc1C=O. The molecule has 1 fully saturated rings. The molecule has 0 amide bonds. The first-order chi connectivity index (χ1) is 7.74. The number of carbonyl (C=O) groups excluding carboxylic acids is 1. The van der Waals surface area contributed by atoms with E-state index >= 15 is 0 Å². The van der Waals surface area contributed by atoms with Gasteiger partial charge in [-0.2, -0.15) is 0 Å². The molecule has 0 bridgehead atoms. The zero-order chi connectivity index (χ0) is 11.5. The van der Waals surface area contributed by atoms with Crippen LogP contribution >= 0.6 is 0 Å². The highest BCUT2D eigenvalue weighted by Gasteiger charge is 2.22. The highest BCUT2D eigenvalue weighted by molar-refractivity contribution is 5.75. The number of hydrogen-bond acceptors (Lipinski definition) is 4. The van der Waals surface area contributed by atoms with E-state index in [9.17, 15) is 4.79 Å². The Morgan fingerprint density at radius 3 is 3.06 bits per heavy atom. The smallest absolute Gasteiger partial charge is 0.168 e. The summed E-state index contributed by atoms with van der Waals surface area (Å²) in [6, 6.07) is 3.85. The molecule has 1 aromatic rings. The molecule has 0 aromatic carbocycles. The number of aromatic nitrogens is 1. The number of aryl methyl sites for hydroxylation is 1. The van der Waals surface area contributed by atoms with E-state index in [-0.39, 0.29) is 6.61 Å². The number of aldehydes is 1. The predicted octanol–water partition coefficient (Wildman–Crippen LogP) is 1.02. The van der Waals surface area contributed by atoms with Crippen molar-refractivity contribution in [1.82, 2.24) is 4.98 Å². The summed E-state index contributed by atoms with van der Waals surface area (Å²) in [5.41, 5.74) is 1.40. The average Bonchev–Trinajstić information content (AvgIpc) is 2.78. The second-order valence-electron chi connectivity index (χ2n) is 4.27. The maximum Gasteiger partial charge on any atom is 0.168 e. The molecule has 86 valence electrons. The van der Waals surface area contributed by atoms with Crippen molar-refractivity contribution in [3.63, 3.8) is 0 Å². The van der Waals surface area contributed by atoms with Crippen LogP contribution in [0.1, 0.15) is 22.5 Å². The van der Waals surface area contributed by atoms with E-state index in [1.54, 1.807) is 0 Å². The summed E-state index contributed by atoms with van der Waals surface area (Å²) in [5.74, 6) is 1.17. The monoisotopic (exact) mass is 220 g/mol. The van der Waals surface area contributed by atoms with Crippen LogP contribution in [0.2, 0.25) is 0 Å². The van der Waals surface area contributed by atoms with E-state index in [2.05, 4.69) is 9.88 Å². The van der Waals surface area contributed by atoms with Gasteiger partial charge in [0.15, 0.2) is 6.29 Å². The van der Waals surface area contributed by atoms with Crippen molar-refractivity contribution >= 4 is 12.1 Å². The third-order valence-corrected chi connectivity index (χ3v) is 3.10. The summed E-state index contributed by atoms with van der Waals surface area (Å²) >= 11 is 0. The van der Waals surface area contributed by atoms with Gasteiger partial charge in [0.25, 0.3) is 0 Å². The summed E-state index contributed by atoms with van der Waals surface area (Å²) in [7, 11) is 0. The highest BCUT2D eigenvalue weighted by Crippen LogP contribution is 2.22. The van der Waals surface area contributed by atoms with Crippen LogP contribution in [-0.4, -0.2) is 36.1 Å². The van der Waals surface area contributed by atoms with Gasteiger partial charge >= 0.3 is 0 Å². The van der Waals surface area contributed by atoms with Gasteiger partial charge in [-0.25, -0.2) is 4.98 Å². The van der Waals surface area contributed by atoms with Gasteiger partial charge in [0.1, 0.15) is 11.5 Å². The minimum Gasteiger partial charge on any atom is -0.396 e. The van der Waals surface area contributed by atoms with Gasteiger partial charge in [0, 0.05) is 25.6 Å². The molecule has 4 heteroatoms. The van der Waals surface area contributed by atoms with Gasteiger partial charge in [-0.1, -0.05) is 6.07 Å². The molecule has 2 rings (SSSR count). The number of anilines is 1. The van der Waals surface area contributed by atoms with Crippen LogP contribution in [0.3, 0.4) is 0 Å². The zero-order valence-electron chi connectivity index (χ0n) is 9.39. The second-order valence-corrected chi connectivity index (χ2v) is 4.27. The Morgan fingerprint density at radius 1 is 1.62 bits per heavy atom. The maximum atomic E-state index is 10.8. The van der Waals surface area contributed by atoms with Gasteiger partial charge in [-0.15, -0.1) is 0 Å². The van der Waals surface area contributed by atoms with Gasteiger partial charge in [-0.05, 0) is 25.0 Å². The molecule has 1 aliphatic heterocycles. The normalized spacial score (nSPS) is 20.1. The molecule has 1 aromatic heterocycles. The molecule has 1 atom stereocenters. The second kappa shape index (κ2) is 4.61. The van der Waals surface area contributed by atoms with E-state index < -0.39 is 0 Å². The summed E-state index contributed by atoms with van der Waals surface area (Å²) in [6.07, 6.45) is 1.78. The van der Waals surface area contributed by atoms with Crippen molar-refractivity contribution < 1.29 is 9.90 Å². The molecule has 0 aliphatic carbocycles. The predicted molar refractivity (Wildman–Crippen MR) is 61.8 cm³/mol. The fourth-order valence-electron chi connectivity index (χ4n) is 2.02. The van der Waals surface area contributed by atoms with Gasteiger partial charge in [0.05, 0.1) is 0 Å². The molecule has 1 unspecified atom stereocenters. The van der Waals surface area contributed by atoms with Crippen molar-refractivity contribution in [1.29, 1.82) is 0 Å². The van der Waals surface area contributed by atoms with Crippen molar-refractivity contribution in [2.24, 2.45) is 5.92 Å².